The second-order valence-corrected chi connectivity index (χ2v) is 28.4. The zero-order valence-corrected chi connectivity index (χ0v) is 14.5. The summed E-state index contributed by atoms with van der Waals surface area (Å²) in [7, 11) is 1.97. The number of rotatable bonds is 3. The Balaban J connectivity index is 5.05. The van der Waals surface area contributed by atoms with E-state index in [-0.39, 0.29) is 7.02 Å². The van der Waals surface area contributed by atoms with Gasteiger partial charge in [0.15, 0.2) is 0 Å². The Morgan fingerprint density at radius 1 is 0.929 bits per heavy atom. The number of hydrogen-bond acceptors (Lipinski definition) is 1. The summed E-state index contributed by atoms with van der Waals surface area (Å²) < 4.78 is 1.25. The zero-order chi connectivity index (χ0) is 11.7. The molecule has 0 atom stereocenters. The average molecular weight is 266 g/mol. The molecule has 0 amide bonds. The van der Waals surface area contributed by atoms with E-state index in [1.54, 1.807) is 0 Å². The van der Waals surface area contributed by atoms with Crippen LogP contribution in [0, 0.1) is 0 Å². The van der Waals surface area contributed by atoms with E-state index in [9.17, 15) is 0 Å². The van der Waals surface area contributed by atoms with Crippen LogP contribution in [0.3, 0.4) is 0 Å². The van der Waals surface area contributed by atoms with Crippen molar-refractivity contribution in [3.05, 3.63) is 0 Å². The minimum atomic E-state index is -1.10. The molecule has 14 heavy (non-hydrogen) atoms. The van der Waals surface area contributed by atoms with Gasteiger partial charge in [0.2, 0.25) is 0 Å². The molecule has 0 rings (SSSR count). The summed E-state index contributed by atoms with van der Waals surface area (Å²) >= 11 is 5.62. The number of thiocarbonyl (C=S) groups is 1. The van der Waals surface area contributed by atoms with Crippen LogP contribution in [0.25, 0.3) is 0 Å². The highest BCUT2D eigenvalue weighted by Gasteiger charge is 2.40. The summed E-state index contributed by atoms with van der Waals surface area (Å²) in [5.74, 6) is 0. The van der Waals surface area contributed by atoms with E-state index in [0.29, 0.717) is 0 Å². The second kappa shape index (κ2) is 4.73. The molecule has 0 aromatic rings. The lowest BCUT2D eigenvalue weighted by Gasteiger charge is -2.41. The van der Waals surface area contributed by atoms with Crippen molar-refractivity contribution in [3.63, 3.8) is 0 Å². The molecule has 84 valence electrons. The van der Waals surface area contributed by atoms with Crippen molar-refractivity contribution in [2.45, 2.75) is 39.3 Å². The van der Waals surface area contributed by atoms with Gasteiger partial charge in [-0.1, -0.05) is 58.5 Å². The van der Waals surface area contributed by atoms with E-state index >= 15 is 0 Å². The van der Waals surface area contributed by atoms with Crippen molar-refractivity contribution >= 4 is 39.4 Å². The Labute approximate surface area is 97.7 Å². The fourth-order valence-electron chi connectivity index (χ4n) is 1.78. The van der Waals surface area contributed by atoms with E-state index in [2.05, 4.69) is 58.3 Å². The van der Waals surface area contributed by atoms with Crippen molar-refractivity contribution in [3.8, 4) is 0 Å². The SMILES string of the molecule is CN(C)C(=S)P([Si](C)(C)C)[Si](C)(C)C. The van der Waals surface area contributed by atoms with Gasteiger partial charge in [-0.2, -0.15) is 0 Å². The highest BCUT2D eigenvalue weighted by atomic mass is 32.1. The molecule has 1 nitrogen and oxygen atoms in total. The maximum Gasteiger partial charge on any atom is 0.0925 e. The maximum absolute atomic E-state index is 5.62. The first-order valence-corrected chi connectivity index (χ1v) is 15.4. The van der Waals surface area contributed by atoms with Gasteiger partial charge in [-0.3, -0.25) is 0 Å². The van der Waals surface area contributed by atoms with Gasteiger partial charge < -0.3 is 4.90 Å². The molecule has 0 heterocycles. The van der Waals surface area contributed by atoms with E-state index in [0.717, 1.165) is 0 Å². The predicted octanol–water partition coefficient (Wildman–Crippen LogP) is 3.98. The van der Waals surface area contributed by atoms with Gasteiger partial charge in [-0.05, 0) is 0 Å². The van der Waals surface area contributed by atoms with E-state index in [4.69, 9.17) is 12.2 Å². The van der Waals surface area contributed by atoms with Gasteiger partial charge >= 0.3 is 0 Å². The van der Waals surface area contributed by atoms with Gasteiger partial charge in [0.1, 0.15) is 0 Å². The molecule has 0 saturated carbocycles. The third kappa shape index (κ3) is 4.09. The maximum atomic E-state index is 5.62. The highest BCUT2D eigenvalue weighted by molar-refractivity contribution is 8.32. The molecule has 0 aliphatic heterocycles. The molecular weight excluding hydrogens is 241 g/mol. The lowest BCUT2D eigenvalue weighted by Crippen LogP contribution is -2.39. The summed E-state index contributed by atoms with van der Waals surface area (Å²) in [6.45, 7) is 14.8. The topological polar surface area (TPSA) is 3.24 Å². The summed E-state index contributed by atoms with van der Waals surface area (Å²) in [5, 5.41) is 0. The predicted molar refractivity (Wildman–Crippen MR) is 79.9 cm³/mol. The van der Waals surface area contributed by atoms with Crippen molar-refractivity contribution in [1.29, 1.82) is 0 Å². The Morgan fingerprint density at radius 3 is 1.29 bits per heavy atom. The molecular formula is C9H24NPSSi2. The Hall–Kier alpha value is 0.754. The number of hydrogen-bond donors (Lipinski definition) is 0. The van der Waals surface area contributed by atoms with Gasteiger partial charge in [0.25, 0.3) is 0 Å². The quantitative estimate of drug-likeness (QED) is 0.431. The highest BCUT2D eigenvalue weighted by Crippen LogP contribution is 2.56. The minimum Gasteiger partial charge on any atom is -0.369 e. The second-order valence-electron chi connectivity index (χ2n) is 5.85. The molecule has 0 fully saturated rings. The van der Waals surface area contributed by atoms with Crippen LogP contribution in [0.15, 0.2) is 0 Å². The lowest BCUT2D eigenvalue weighted by molar-refractivity contribution is 0.647. The monoisotopic (exact) mass is 265 g/mol. The molecule has 0 radical (unpaired) electrons. The summed E-state index contributed by atoms with van der Waals surface area (Å²) in [6.07, 6.45) is 0. The van der Waals surface area contributed by atoms with Gasteiger partial charge in [-0.25, -0.2) is 0 Å². The first-order chi connectivity index (χ1) is 5.98. The third-order valence-corrected chi connectivity index (χ3v) is 28.7. The molecule has 0 N–H and O–H groups in total. The van der Waals surface area contributed by atoms with Crippen LogP contribution in [0.1, 0.15) is 0 Å². The van der Waals surface area contributed by atoms with Crippen LogP contribution < -0.4 is 0 Å². The Bertz CT molecular complexity index is 204. The van der Waals surface area contributed by atoms with E-state index in [1.807, 2.05) is 0 Å². The molecule has 0 bridgehead atoms. The fraction of sp³-hybridized carbons (Fsp3) is 0.889. The number of nitrogens with zero attached hydrogens (tertiary/aromatic N) is 1. The van der Waals surface area contributed by atoms with Crippen LogP contribution in [0.4, 0.5) is 0 Å². The Morgan fingerprint density at radius 2 is 1.21 bits per heavy atom. The first kappa shape index (κ1) is 14.8. The van der Waals surface area contributed by atoms with Gasteiger partial charge in [0.05, 0.1) is 20.2 Å². The fourth-order valence-corrected chi connectivity index (χ4v) is 39.1. The van der Waals surface area contributed by atoms with Crippen molar-refractivity contribution < 1.29 is 0 Å². The average Bonchev–Trinajstić information content (AvgIpc) is 1.79. The lowest BCUT2D eigenvalue weighted by atomic mass is 11.0. The van der Waals surface area contributed by atoms with Crippen LogP contribution in [0.2, 0.25) is 39.3 Å². The smallest absolute Gasteiger partial charge is 0.0925 e. The van der Waals surface area contributed by atoms with Crippen LogP contribution in [0.5, 0.6) is 0 Å². The van der Waals surface area contributed by atoms with Gasteiger partial charge in [0, 0.05) is 14.1 Å². The summed E-state index contributed by atoms with van der Waals surface area (Å²) in [4.78, 5) is 2.16. The van der Waals surface area contributed by atoms with Crippen molar-refractivity contribution in [1.82, 2.24) is 4.90 Å². The largest absolute Gasteiger partial charge is 0.369 e. The molecule has 0 saturated heterocycles. The van der Waals surface area contributed by atoms with Gasteiger partial charge in [-0.15, -0.1) is 0 Å². The summed E-state index contributed by atoms with van der Waals surface area (Å²) in [5.41, 5.74) is 0. The van der Waals surface area contributed by atoms with Crippen molar-refractivity contribution in [2.75, 3.05) is 14.1 Å². The third-order valence-electron chi connectivity index (χ3n) is 1.92. The normalized spacial score (nSPS) is 13.2. The summed E-state index contributed by atoms with van der Waals surface area (Å²) in [6, 6.07) is 0. The molecule has 5 heteroatoms. The van der Waals surface area contributed by atoms with Crippen LogP contribution in [-0.2, 0) is 0 Å². The minimum absolute atomic E-state index is 0.00823. The molecule has 0 spiro atoms. The van der Waals surface area contributed by atoms with Crippen LogP contribution >= 0.6 is 19.2 Å². The molecule has 0 aromatic carbocycles. The molecule has 0 aromatic heterocycles. The van der Waals surface area contributed by atoms with Crippen molar-refractivity contribution in [2.24, 2.45) is 0 Å². The van der Waals surface area contributed by atoms with E-state index in [1.165, 1.54) is 4.73 Å². The zero-order valence-electron chi connectivity index (χ0n) is 10.8. The first-order valence-electron chi connectivity index (χ1n) is 4.99. The van der Waals surface area contributed by atoms with E-state index < -0.39 is 15.5 Å². The molecule has 0 unspecified atom stereocenters. The standard InChI is InChI=1S/C9H24NPSSi2/c1-10(2)9(12)11(13(3,4)5)14(6,7)8/h1-8H3. The Kier molecular flexibility index (Phi) is 4.98. The molecule has 0 aliphatic carbocycles. The van der Waals surface area contributed by atoms with Crippen LogP contribution in [-0.4, -0.2) is 39.2 Å². The molecule has 0 aliphatic rings.